The number of rotatable bonds is 2. The van der Waals surface area contributed by atoms with Crippen molar-refractivity contribution in [3.05, 3.63) is 16.1 Å². The van der Waals surface area contributed by atoms with Crippen molar-refractivity contribution >= 4 is 17.2 Å². The lowest BCUT2D eigenvalue weighted by Crippen LogP contribution is -2.43. The van der Waals surface area contributed by atoms with Gasteiger partial charge in [0, 0.05) is 12.6 Å². The maximum absolute atomic E-state index is 12.3. The number of hydrogen-bond acceptors (Lipinski definition) is 3. The van der Waals surface area contributed by atoms with Gasteiger partial charge in [-0.15, -0.1) is 11.3 Å². The molecule has 1 atom stereocenters. The fraction of sp³-hybridized carbons (Fsp3) is 0.667. The summed E-state index contributed by atoms with van der Waals surface area (Å²) in [6, 6.07) is 0.433. The van der Waals surface area contributed by atoms with Crippen LogP contribution in [0.2, 0.25) is 0 Å². The molecule has 1 fully saturated rings. The van der Waals surface area contributed by atoms with Crippen molar-refractivity contribution in [2.75, 3.05) is 6.54 Å². The number of likely N-dealkylation sites (tertiary alicyclic amines) is 1. The first-order valence-corrected chi connectivity index (χ1v) is 6.83. The van der Waals surface area contributed by atoms with Gasteiger partial charge in [-0.3, -0.25) is 4.79 Å². The van der Waals surface area contributed by atoms with Gasteiger partial charge in [0.15, 0.2) is 0 Å². The normalized spacial score (nSPS) is 21.1. The summed E-state index contributed by atoms with van der Waals surface area (Å²) < 4.78 is 0. The highest BCUT2D eigenvalue weighted by molar-refractivity contribution is 7.11. The molecule has 1 aromatic heterocycles. The lowest BCUT2D eigenvalue weighted by molar-refractivity contribution is 0.0612. The van der Waals surface area contributed by atoms with E-state index in [9.17, 15) is 4.79 Å². The molecule has 1 aliphatic rings. The summed E-state index contributed by atoms with van der Waals surface area (Å²) in [5.74, 6) is 0.187. The van der Waals surface area contributed by atoms with E-state index in [0.29, 0.717) is 6.04 Å². The van der Waals surface area contributed by atoms with Crippen LogP contribution in [-0.2, 0) is 0 Å². The van der Waals surface area contributed by atoms with Gasteiger partial charge >= 0.3 is 0 Å². The van der Waals surface area contributed by atoms with Crippen LogP contribution in [0.3, 0.4) is 0 Å². The first-order valence-electron chi connectivity index (χ1n) is 5.95. The number of carbonyl (C=O) groups is 1. The zero-order chi connectivity index (χ0) is 11.5. The zero-order valence-corrected chi connectivity index (χ0v) is 10.7. The van der Waals surface area contributed by atoms with Crippen molar-refractivity contribution < 1.29 is 4.79 Å². The molecular formula is C12H18N2OS. The highest BCUT2D eigenvalue weighted by Gasteiger charge is 2.27. The van der Waals surface area contributed by atoms with Crippen LogP contribution in [0.1, 0.15) is 48.0 Å². The number of piperidine rings is 1. The Bertz CT molecular complexity index is 375. The minimum absolute atomic E-state index is 0.187. The Hall–Kier alpha value is -0.900. The molecule has 4 heteroatoms. The van der Waals surface area contributed by atoms with Crippen molar-refractivity contribution in [3.8, 4) is 0 Å². The summed E-state index contributed by atoms with van der Waals surface area (Å²) in [4.78, 5) is 19.4. The Kier molecular flexibility index (Phi) is 3.59. The van der Waals surface area contributed by atoms with Crippen molar-refractivity contribution in [1.82, 2.24) is 9.88 Å². The number of hydrogen-bond donors (Lipinski definition) is 0. The molecule has 0 radical (unpaired) electrons. The molecule has 1 unspecified atom stereocenters. The van der Waals surface area contributed by atoms with E-state index in [1.807, 2.05) is 11.8 Å². The maximum Gasteiger partial charge on any atom is 0.266 e. The first kappa shape index (κ1) is 11.6. The predicted octanol–water partition coefficient (Wildman–Crippen LogP) is 2.86. The highest BCUT2D eigenvalue weighted by atomic mass is 32.1. The smallest absolute Gasteiger partial charge is 0.266 e. The van der Waals surface area contributed by atoms with Crippen LogP contribution in [0.4, 0.5) is 0 Å². The Balaban J connectivity index is 2.17. The molecule has 2 rings (SSSR count). The van der Waals surface area contributed by atoms with Gasteiger partial charge in [0.25, 0.3) is 5.91 Å². The quantitative estimate of drug-likeness (QED) is 0.793. The van der Waals surface area contributed by atoms with E-state index >= 15 is 0 Å². The summed E-state index contributed by atoms with van der Waals surface area (Å²) in [6.45, 7) is 4.99. The van der Waals surface area contributed by atoms with Gasteiger partial charge in [0.1, 0.15) is 4.88 Å². The van der Waals surface area contributed by atoms with Crippen molar-refractivity contribution in [3.63, 3.8) is 0 Å². The molecule has 16 heavy (non-hydrogen) atoms. The van der Waals surface area contributed by atoms with E-state index in [2.05, 4.69) is 11.9 Å². The van der Waals surface area contributed by atoms with Gasteiger partial charge in [-0.25, -0.2) is 4.98 Å². The van der Waals surface area contributed by atoms with Gasteiger partial charge in [-0.05, 0) is 32.6 Å². The van der Waals surface area contributed by atoms with E-state index in [1.165, 1.54) is 17.8 Å². The summed E-state index contributed by atoms with van der Waals surface area (Å²) in [7, 11) is 0. The van der Waals surface area contributed by atoms with Crippen LogP contribution >= 0.6 is 11.3 Å². The molecule has 0 spiro atoms. The fourth-order valence-corrected chi connectivity index (χ4v) is 3.09. The SMILES string of the molecule is CCC1CCCCN1C(=O)c1scnc1C. The number of amides is 1. The minimum atomic E-state index is 0.187. The molecule has 0 aromatic carbocycles. The predicted molar refractivity (Wildman–Crippen MR) is 65.8 cm³/mol. The van der Waals surface area contributed by atoms with Crippen LogP contribution in [0, 0.1) is 6.92 Å². The third-order valence-corrected chi connectivity index (χ3v) is 4.22. The van der Waals surface area contributed by atoms with E-state index in [0.717, 1.165) is 36.4 Å². The summed E-state index contributed by atoms with van der Waals surface area (Å²) in [6.07, 6.45) is 4.60. The van der Waals surface area contributed by atoms with Crippen molar-refractivity contribution in [2.45, 2.75) is 45.6 Å². The number of aryl methyl sites for hydroxylation is 1. The molecule has 0 saturated carbocycles. The van der Waals surface area contributed by atoms with Crippen LogP contribution < -0.4 is 0 Å². The monoisotopic (exact) mass is 238 g/mol. The molecular weight excluding hydrogens is 220 g/mol. The average molecular weight is 238 g/mol. The lowest BCUT2D eigenvalue weighted by atomic mass is 10.00. The van der Waals surface area contributed by atoms with Crippen LogP contribution in [0.5, 0.6) is 0 Å². The van der Waals surface area contributed by atoms with Crippen molar-refractivity contribution in [1.29, 1.82) is 0 Å². The van der Waals surface area contributed by atoms with Gasteiger partial charge in [0.05, 0.1) is 11.2 Å². The van der Waals surface area contributed by atoms with E-state index in [-0.39, 0.29) is 5.91 Å². The maximum atomic E-state index is 12.3. The molecule has 88 valence electrons. The van der Waals surface area contributed by atoms with Gasteiger partial charge in [-0.2, -0.15) is 0 Å². The number of carbonyl (C=O) groups excluding carboxylic acids is 1. The molecule has 0 bridgehead atoms. The van der Waals surface area contributed by atoms with Gasteiger partial charge < -0.3 is 4.90 Å². The molecule has 1 saturated heterocycles. The molecule has 2 heterocycles. The van der Waals surface area contributed by atoms with Crippen LogP contribution in [0.15, 0.2) is 5.51 Å². The summed E-state index contributed by atoms with van der Waals surface area (Å²) in [5, 5.41) is 0. The standard InChI is InChI=1S/C12H18N2OS/c1-3-10-6-4-5-7-14(10)12(15)11-9(2)13-8-16-11/h8,10H,3-7H2,1-2H3. The topological polar surface area (TPSA) is 33.2 Å². The minimum Gasteiger partial charge on any atom is -0.335 e. The summed E-state index contributed by atoms with van der Waals surface area (Å²) in [5.41, 5.74) is 2.63. The Morgan fingerprint density at radius 1 is 1.62 bits per heavy atom. The third-order valence-electron chi connectivity index (χ3n) is 3.30. The van der Waals surface area contributed by atoms with Crippen LogP contribution in [0.25, 0.3) is 0 Å². The molecule has 3 nitrogen and oxygen atoms in total. The molecule has 1 amide bonds. The Labute approximate surface area is 100 Å². The number of aromatic nitrogens is 1. The second-order valence-corrected chi connectivity index (χ2v) is 5.18. The second kappa shape index (κ2) is 4.95. The fourth-order valence-electron chi connectivity index (χ4n) is 2.33. The number of thiazole rings is 1. The van der Waals surface area contributed by atoms with Crippen molar-refractivity contribution in [2.24, 2.45) is 0 Å². The average Bonchev–Trinajstić information content (AvgIpc) is 2.74. The lowest BCUT2D eigenvalue weighted by Gasteiger charge is -2.35. The largest absolute Gasteiger partial charge is 0.335 e. The van der Waals surface area contributed by atoms with Gasteiger partial charge in [-0.1, -0.05) is 6.92 Å². The van der Waals surface area contributed by atoms with E-state index in [4.69, 9.17) is 0 Å². The number of nitrogens with zero attached hydrogens (tertiary/aromatic N) is 2. The first-order chi connectivity index (χ1) is 7.74. The Morgan fingerprint density at radius 3 is 3.06 bits per heavy atom. The Morgan fingerprint density at radius 2 is 2.44 bits per heavy atom. The highest BCUT2D eigenvalue weighted by Crippen LogP contribution is 2.24. The molecule has 1 aromatic rings. The molecule has 0 aliphatic carbocycles. The second-order valence-electron chi connectivity index (χ2n) is 4.32. The van der Waals surface area contributed by atoms with E-state index < -0.39 is 0 Å². The van der Waals surface area contributed by atoms with Gasteiger partial charge in [0.2, 0.25) is 0 Å². The molecule has 1 aliphatic heterocycles. The third kappa shape index (κ3) is 2.12. The zero-order valence-electron chi connectivity index (χ0n) is 9.90. The molecule has 0 N–H and O–H groups in total. The van der Waals surface area contributed by atoms with E-state index in [1.54, 1.807) is 5.51 Å². The summed E-state index contributed by atoms with van der Waals surface area (Å²) >= 11 is 1.46. The van der Waals surface area contributed by atoms with Crippen LogP contribution in [-0.4, -0.2) is 28.4 Å².